The fourth-order valence-electron chi connectivity index (χ4n) is 0.977. The lowest BCUT2D eigenvalue weighted by Crippen LogP contribution is -2.05. The molecule has 2 aromatic heterocycles. The van der Waals surface area contributed by atoms with Crippen molar-refractivity contribution in [3.8, 4) is 10.7 Å². The Morgan fingerprint density at radius 2 is 2.33 bits per heavy atom. The van der Waals surface area contributed by atoms with Crippen LogP contribution in [0.2, 0.25) is 0 Å². The molecule has 0 aromatic carbocycles. The maximum atomic E-state index is 10.9. The molecule has 0 unspecified atom stereocenters. The van der Waals surface area contributed by atoms with E-state index in [9.17, 15) is 4.79 Å². The molecule has 0 fully saturated rings. The minimum Gasteiger partial charge on any atom is -0.374 e. The van der Waals surface area contributed by atoms with Crippen molar-refractivity contribution in [1.82, 2.24) is 15.2 Å². The Labute approximate surface area is 93.2 Å². The molecule has 2 aromatic rings. The first-order valence-electron chi connectivity index (χ1n) is 3.97. The molecule has 0 aliphatic rings. The van der Waals surface area contributed by atoms with Gasteiger partial charge in [0.1, 0.15) is 10.7 Å². The average Bonchev–Trinajstić information content (AvgIpc) is 2.72. The molecule has 0 saturated heterocycles. The normalized spacial score (nSPS) is 10.2. The van der Waals surface area contributed by atoms with Crippen molar-refractivity contribution in [3.63, 3.8) is 0 Å². The fraction of sp³-hybridized carbons (Fsp3) is 0.143. The topological polar surface area (TPSA) is 93.8 Å². The van der Waals surface area contributed by atoms with Crippen LogP contribution in [-0.2, 0) is 4.79 Å². The van der Waals surface area contributed by atoms with E-state index in [4.69, 9.17) is 5.73 Å². The van der Waals surface area contributed by atoms with Crippen LogP contribution in [0.4, 0.5) is 10.1 Å². The molecule has 0 saturated carbocycles. The molecular weight excluding hydrogens is 234 g/mol. The highest BCUT2D eigenvalue weighted by molar-refractivity contribution is 7.19. The summed E-state index contributed by atoms with van der Waals surface area (Å²) in [6, 6.07) is 0. The molecule has 6 nitrogen and oxygen atoms in total. The third kappa shape index (κ3) is 2.10. The van der Waals surface area contributed by atoms with Gasteiger partial charge in [-0.15, -0.1) is 21.5 Å². The predicted octanol–water partition coefficient (Wildman–Crippen LogP) is 1.20. The summed E-state index contributed by atoms with van der Waals surface area (Å²) < 4.78 is 0. The first kappa shape index (κ1) is 9.99. The predicted molar refractivity (Wildman–Crippen MR) is 59.7 cm³/mol. The third-order valence-corrected chi connectivity index (χ3v) is 3.00. The maximum absolute atomic E-state index is 10.9. The zero-order chi connectivity index (χ0) is 10.8. The number of nitrogens with one attached hydrogen (secondary N) is 1. The van der Waals surface area contributed by atoms with Gasteiger partial charge >= 0.3 is 0 Å². The first-order chi connectivity index (χ1) is 7.16. The zero-order valence-corrected chi connectivity index (χ0v) is 9.35. The molecule has 0 spiro atoms. The Morgan fingerprint density at radius 1 is 1.53 bits per heavy atom. The Hall–Kier alpha value is -1.54. The van der Waals surface area contributed by atoms with Crippen molar-refractivity contribution in [2.75, 3.05) is 11.1 Å². The van der Waals surface area contributed by atoms with Gasteiger partial charge in [0.2, 0.25) is 11.0 Å². The van der Waals surface area contributed by atoms with Crippen LogP contribution in [-0.4, -0.2) is 21.1 Å². The van der Waals surface area contributed by atoms with Gasteiger partial charge in [-0.2, -0.15) is 0 Å². The number of nitrogen functional groups attached to an aromatic ring is 1. The minimum atomic E-state index is -0.141. The van der Waals surface area contributed by atoms with Crippen LogP contribution < -0.4 is 11.1 Å². The molecule has 0 aliphatic carbocycles. The van der Waals surface area contributed by atoms with Gasteiger partial charge in [-0.05, 0) is 0 Å². The van der Waals surface area contributed by atoms with E-state index in [2.05, 4.69) is 20.5 Å². The number of carbonyl (C=O) groups is 1. The first-order valence-corrected chi connectivity index (χ1v) is 5.67. The molecule has 1 amide bonds. The molecule has 0 aliphatic heterocycles. The summed E-state index contributed by atoms with van der Waals surface area (Å²) in [6.45, 7) is 1.44. The lowest BCUT2D eigenvalue weighted by Gasteiger charge is -1.97. The van der Waals surface area contributed by atoms with Crippen LogP contribution in [0.25, 0.3) is 10.7 Å². The van der Waals surface area contributed by atoms with Gasteiger partial charge in [0.25, 0.3) is 0 Å². The Balaban J connectivity index is 2.36. The van der Waals surface area contributed by atoms with Gasteiger partial charge in [-0.1, -0.05) is 11.3 Å². The molecular formula is C7H7N5OS2. The van der Waals surface area contributed by atoms with Gasteiger partial charge in [0.05, 0.1) is 5.51 Å². The summed E-state index contributed by atoms with van der Waals surface area (Å²) in [4.78, 5) is 15.0. The Bertz CT molecular complexity index is 491. The van der Waals surface area contributed by atoms with E-state index in [0.29, 0.717) is 20.8 Å². The highest BCUT2D eigenvalue weighted by atomic mass is 32.1. The number of nitrogens with two attached hydrogens (primary N) is 1. The Kier molecular flexibility index (Phi) is 2.60. The van der Waals surface area contributed by atoms with Crippen LogP contribution >= 0.6 is 22.7 Å². The Morgan fingerprint density at radius 3 is 2.93 bits per heavy atom. The average molecular weight is 241 g/mol. The third-order valence-electron chi connectivity index (χ3n) is 1.50. The molecule has 0 atom stereocenters. The molecule has 78 valence electrons. The lowest BCUT2D eigenvalue weighted by molar-refractivity contribution is -0.114. The van der Waals surface area contributed by atoms with Crippen LogP contribution in [0.15, 0.2) is 5.51 Å². The summed E-state index contributed by atoms with van der Waals surface area (Å²) in [5.74, 6) is -0.141. The molecule has 15 heavy (non-hydrogen) atoms. The minimum absolute atomic E-state index is 0.141. The van der Waals surface area contributed by atoms with Crippen molar-refractivity contribution in [1.29, 1.82) is 0 Å². The molecule has 2 rings (SSSR count). The van der Waals surface area contributed by atoms with E-state index in [-0.39, 0.29) is 5.91 Å². The number of nitrogens with zero attached hydrogens (tertiary/aromatic N) is 3. The van der Waals surface area contributed by atoms with E-state index in [1.165, 1.54) is 29.6 Å². The van der Waals surface area contributed by atoms with Gasteiger partial charge in [-0.3, -0.25) is 4.79 Å². The van der Waals surface area contributed by atoms with Gasteiger partial charge in [-0.25, -0.2) is 4.98 Å². The molecule has 8 heteroatoms. The van der Waals surface area contributed by atoms with Crippen LogP contribution in [0.1, 0.15) is 6.92 Å². The van der Waals surface area contributed by atoms with Crippen LogP contribution in [0, 0.1) is 0 Å². The van der Waals surface area contributed by atoms with E-state index < -0.39 is 0 Å². The second kappa shape index (κ2) is 3.91. The number of thiazole rings is 1. The van der Waals surface area contributed by atoms with E-state index in [1.54, 1.807) is 5.51 Å². The standard InChI is InChI=1S/C7H7N5OS2/c1-3(13)10-5-4(9-2-14-5)6-11-12-7(8)15-6/h2H,1H3,(H2,8,12)(H,10,13). The van der Waals surface area contributed by atoms with Crippen LogP contribution in [0.3, 0.4) is 0 Å². The second-order valence-electron chi connectivity index (χ2n) is 2.66. The summed E-state index contributed by atoms with van der Waals surface area (Å²) in [7, 11) is 0. The fourth-order valence-corrected chi connectivity index (χ4v) is 2.38. The number of rotatable bonds is 2. The van der Waals surface area contributed by atoms with Gasteiger partial charge in [0.15, 0.2) is 5.01 Å². The summed E-state index contributed by atoms with van der Waals surface area (Å²) in [6.07, 6.45) is 0. The zero-order valence-electron chi connectivity index (χ0n) is 7.72. The van der Waals surface area contributed by atoms with E-state index in [0.717, 1.165) is 0 Å². The number of hydrogen-bond donors (Lipinski definition) is 2. The monoisotopic (exact) mass is 241 g/mol. The van der Waals surface area contributed by atoms with E-state index >= 15 is 0 Å². The highest BCUT2D eigenvalue weighted by Crippen LogP contribution is 2.32. The van der Waals surface area contributed by atoms with Crippen molar-refractivity contribution >= 4 is 38.7 Å². The van der Waals surface area contributed by atoms with Crippen molar-refractivity contribution in [2.45, 2.75) is 6.92 Å². The summed E-state index contributed by atoms with van der Waals surface area (Å²) in [5.41, 5.74) is 7.72. The largest absolute Gasteiger partial charge is 0.374 e. The number of aromatic nitrogens is 3. The summed E-state index contributed by atoms with van der Waals surface area (Å²) >= 11 is 2.57. The van der Waals surface area contributed by atoms with Gasteiger partial charge in [0, 0.05) is 6.92 Å². The molecule has 0 bridgehead atoms. The lowest BCUT2D eigenvalue weighted by atomic mass is 10.5. The van der Waals surface area contributed by atoms with Crippen molar-refractivity contribution < 1.29 is 4.79 Å². The highest BCUT2D eigenvalue weighted by Gasteiger charge is 2.13. The molecule has 2 heterocycles. The maximum Gasteiger partial charge on any atom is 0.221 e. The van der Waals surface area contributed by atoms with Crippen molar-refractivity contribution in [2.24, 2.45) is 0 Å². The van der Waals surface area contributed by atoms with E-state index in [1.807, 2.05) is 0 Å². The van der Waals surface area contributed by atoms with Gasteiger partial charge < -0.3 is 11.1 Å². The summed E-state index contributed by atoms with van der Waals surface area (Å²) in [5, 5.41) is 11.9. The molecule has 3 N–H and O–H groups in total. The number of anilines is 2. The smallest absolute Gasteiger partial charge is 0.221 e. The number of hydrogen-bond acceptors (Lipinski definition) is 7. The molecule has 0 radical (unpaired) electrons. The SMILES string of the molecule is CC(=O)Nc1scnc1-c1nnc(N)s1. The van der Waals surface area contributed by atoms with Crippen molar-refractivity contribution in [3.05, 3.63) is 5.51 Å². The number of carbonyl (C=O) groups excluding carboxylic acids is 1. The number of amides is 1. The van der Waals surface area contributed by atoms with Crippen LogP contribution in [0.5, 0.6) is 0 Å². The second-order valence-corrected chi connectivity index (χ2v) is 4.52. The quantitative estimate of drug-likeness (QED) is 0.824.